The summed E-state index contributed by atoms with van der Waals surface area (Å²) in [5, 5.41) is 0. The van der Waals surface area contributed by atoms with Crippen molar-refractivity contribution in [2.75, 3.05) is 12.3 Å². The van der Waals surface area contributed by atoms with E-state index in [9.17, 15) is 4.21 Å². The predicted octanol–water partition coefficient (Wildman–Crippen LogP) is -0.191. The Morgan fingerprint density at radius 2 is 2.43 bits per heavy atom. The van der Waals surface area contributed by atoms with E-state index in [0.717, 1.165) is 6.54 Å². The van der Waals surface area contributed by atoms with Gasteiger partial charge in [0.05, 0.1) is 16.7 Å². The molecule has 1 aliphatic rings. The Bertz CT molecular complexity index is 110. The Balaban J connectivity index is 2.47. The Morgan fingerprint density at radius 1 is 1.57 bits per heavy atom. The van der Waals surface area contributed by atoms with Crippen LogP contribution in [-0.4, -0.2) is 16.5 Å². The first-order chi connectivity index (χ1) is 3.39. The second-order valence-corrected chi connectivity index (χ2v) is 2.65. The number of hydrogen-bond donors (Lipinski definition) is 1. The Kier molecular flexibility index (Phi) is 1.59. The van der Waals surface area contributed by atoms with Crippen molar-refractivity contribution in [1.29, 1.82) is 0 Å². The SMILES string of the molecule is O=S1CC=CCN1. The number of nitrogens with one attached hydrogen (secondary N) is 1. The van der Waals surface area contributed by atoms with Crippen molar-refractivity contribution in [2.24, 2.45) is 0 Å². The molecule has 0 aromatic rings. The normalized spacial score (nSPS) is 30.6. The van der Waals surface area contributed by atoms with Crippen molar-refractivity contribution in [3.05, 3.63) is 12.2 Å². The van der Waals surface area contributed by atoms with E-state index >= 15 is 0 Å². The molecule has 40 valence electrons. The number of hydrogen-bond acceptors (Lipinski definition) is 1. The molecule has 0 saturated heterocycles. The minimum atomic E-state index is -0.777. The lowest BCUT2D eigenvalue weighted by atomic mass is 10.5. The van der Waals surface area contributed by atoms with E-state index in [4.69, 9.17) is 0 Å². The lowest BCUT2D eigenvalue weighted by Gasteiger charge is -2.01. The molecule has 1 heterocycles. The van der Waals surface area contributed by atoms with Crippen LogP contribution in [0.3, 0.4) is 0 Å². The molecule has 0 spiro atoms. The summed E-state index contributed by atoms with van der Waals surface area (Å²) in [6.07, 6.45) is 3.90. The molecule has 1 atom stereocenters. The fourth-order valence-electron chi connectivity index (χ4n) is 0.439. The molecule has 0 fully saturated rings. The first-order valence-electron chi connectivity index (χ1n) is 2.16. The fourth-order valence-corrected chi connectivity index (χ4v) is 1.15. The van der Waals surface area contributed by atoms with Gasteiger partial charge in [-0.05, 0) is 0 Å². The molecular weight excluding hydrogens is 110 g/mol. The summed E-state index contributed by atoms with van der Waals surface area (Å²) in [4.78, 5) is 0. The lowest BCUT2D eigenvalue weighted by Crippen LogP contribution is -2.22. The van der Waals surface area contributed by atoms with Gasteiger partial charge in [-0.3, -0.25) is 0 Å². The molecule has 0 aliphatic carbocycles. The van der Waals surface area contributed by atoms with Gasteiger partial charge in [-0.1, -0.05) is 12.2 Å². The minimum absolute atomic E-state index is 0.667. The molecule has 0 amide bonds. The molecule has 2 nitrogen and oxygen atoms in total. The van der Waals surface area contributed by atoms with Crippen LogP contribution in [0.4, 0.5) is 0 Å². The Morgan fingerprint density at radius 3 is 2.71 bits per heavy atom. The van der Waals surface area contributed by atoms with Gasteiger partial charge in [0.1, 0.15) is 0 Å². The van der Waals surface area contributed by atoms with Crippen molar-refractivity contribution < 1.29 is 4.21 Å². The summed E-state index contributed by atoms with van der Waals surface area (Å²) < 4.78 is 13.2. The van der Waals surface area contributed by atoms with Crippen LogP contribution in [0.15, 0.2) is 12.2 Å². The molecule has 0 bridgehead atoms. The van der Waals surface area contributed by atoms with Gasteiger partial charge in [-0.15, -0.1) is 0 Å². The highest BCUT2D eigenvalue weighted by Gasteiger charge is 1.95. The predicted molar refractivity (Wildman–Crippen MR) is 30.2 cm³/mol. The van der Waals surface area contributed by atoms with E-state index in [1.165, 1.54) is 0 Å². The highest BCUT2D eigenvalue weighted by molar-refractivity contribution is 7.83. The second-order valence-electron chi connectivity index (χ2n) is 1.33. The van der Waals surface area contributed by atoms with Crippen molar-refractivity contribution in [3.8, 4) is 0 Å². The van der Waals surface area contributed by atoms with Gasteiger partial charge in [-0.2, -0.15) is 0 Å². The summed E-state index contributed by atoms with van der Waals surface area (Å²) in [7, 11) is -0.777. The lowest BCUT2D eigenvalue weighted by molar-refractivity contribution is 0.676. The summed E-state index contributed by atoms with van der Waals surface area (Å²) in [5.74, 6) is 0.667. The van der Waals surface area contributed by atoms with Crippen LogP contribution in [-0.2, 0) is 11.0 Å². The van der Waals surface area contributed by atoms with E-state index in [2.05, 4.69) is 4.72 Å². The molecule has 0 radical (unpaired) electrons. The standard InChI is InChI=1S/C4H7NOS/c6-7-4-2-1-3-5-7/h1-2,5H,3-4H2. The first kappa shape index (κ1) is 5.00. The molecule has 0 saturated carbocycles. The minimum Gasteiger partial charge on any atom is -0.243 e. The molecule has 3 heteroatoms. The fraction of sp³-hybridized carbons (Fsp3) is 0.500. The zero-order chi connectivity index (χ0) is 5.11. The molecule has 7 heavy (non-hydrogen) atoms. The third-order valence-corrected chi connectivity index (χ3v) is 1.76. The smallest absolute Gasteiger partial charge is 0.0957 e. The van der Waals surface area contributed by atoms with Gasteiger partial charge in [0, 0.05) is 6.54 Å². The van der Waals surface area contributed by atoms with Crippen LogP contribution < -0.4 is 4.72 Å². The zero-order valence-corrected chi connectivity index (χ0v) is 4.70. The van der Waals surface area contributed by atoms with E-state index in [0.29, 0.717) is 5.75 Å². The van der Waals surface area contributed by atoms with Gasteiger partial charge < -0.3 is 0 Å². The highest BCUT2D eigenvalue weighted by Crippen LogP contribution is 1.84. The molecule has 1 unspecified atom stereocenters. The maximum Gasteiger partial charge on any atom is 0.0957 e. The van der Waals surface area contributed by atoms with Gasteiger partial charge >= 0.3 is 0 Å². The molecule has 1 rings (SSSR count). The third-order valence-electron chi connectivity index (χ3n) is 0.776. The topological polar surface area (TPSA) is 29.1 Å². The third kappa shape index (κ3) is 1.41. The summed E-state index contributed by atoms with van der Waals surface area (Å²) in [5.41, 5.74) is 0. The van der Waals surface area contributed by atoms with Crippen molar-refractivity contribution in [2.45, 2.75) is 0 Å². The Hall–Kier alpha value is -0.150. The zero-order valence-electron chi connectivity index (χ0n) is 3.89. The molecule has 0 aromatic carbocycles. The monoisotopic (exact) mass is 117 g/mol. The van der Waals surface area contributed by atoms with Crippen LogP contribution >= 0.6 is 0 Å². The van der Waals surface area contributed by atoms with Crippen LogP contribution in [0.25, 0.3) is 0 Å². The average molecular weight is 117 g/mol. The molecule has 0 aromatic heterocycles. The summed E-state index contributed by atoms with van der Waals surface area (Å²) in [6, 6.07) is 0. The first-order valence-corrected chi connectivity index (χ1v) is 3.48. The summed E-state index contributed by atoms with van der Waals surface area (Å²) in [6.45, 7) is 0.757. The second kappa shape index (κ2) is 2.23. The van der Waals surface area contributed by atoms with Crippen LogP contribution in [0.5, 0.6) is 0 Å². The van der Waals surface area contributed by atoms with Crippen LogP contribution in [0.1, 0.15) is 0 Å². The van der Waals surface area contributed by atoms with E-state index in [1.807, 2.05) is 12.2 Å². The van der Waals surface area contributed by atoms with Crippen LogP contribution in [0.2, 0.25) is 0 Å². The molecule has 1 aliphatic heterocycles. The molecule has 1 N–H and O–H groups in total. The van der Waals surface area contributed by atoms with Gasteiger partial charge in [-0.25, -0.2) is 8.93 Å². The quantitative estimate of drug-likeness (QED) is 0.438. The van der Waals surface area contributed by atoms with Gasteiger partial charge in [0.15, 0.2) is 0 Å². The number of rotatable bonds is 0. The Labute approximate surface area is 45.2 Å². The van der Waals surface area contributed by atoms with Crippen molar-refractivity contribution >= 4 is 11.0 Å². The maximum absolute atomic E-state index is 10.4. The van der Waals surface area contributed by atoms with Crippen molar-refractivity contribution in [1.82, 2.24) is 4.72 Å². The van der Waals surface area contributed by atoms with Gasteiger partial charge in [0.2, 0.25) is 0 Å². The highest BCUT2D eigenvalue weighted by atomic mass is 32.2. The largest absolute Gasteiger partial charge is 0.243 e. The average Bonchev–Trinajstić information content (AvgIpc) is 1.69. The van der Waals surface area contributed by atoms with E-state index in [1.54, 1.807) is 0 Å². The van der Waals surface area contributed by atoms with E-state index in [-0.39, 0.29) is 0 Å². The van der Waals surface area contributed by atoms with Crippen molar-refractivity contribution in [3.63, 3.8) is 0 Å². The van der Waals surface area contributed by atoms with Gasteiger partial charge in [0.25, 0.3) is 0 Å². The summed E-state index contributed by atoms with van der Waals surface area (Å²) >= 11 is 0. The van der Waals surface area contributed by atoms with E-state index < -0.39 is 11.0 Å². The maximum atomic E-state index is 10.4. The van der Waals surface area contributed by atoms with Crippen LogP contribution in [0, 0.1) is 0 Å². The molecular formula is C4H7NOS.